The van der Waals surface area contributed by atoms with Gasteiger partial charge in [-0.15, -0.1) is 0 Å². The summed E-state index contributed by atoms with van der Waals surface area (Å²) in [5, 5.41) is 0. The molecule has 1 unspecified atom stereocenters. The fourth-order valence-electron chi connectivity index (χ4n) is 2.95. The third kappa shape index (κ3) is 2.68. The van der Waals surface area contributed by atoms with Crippen LogP contribution in [0.15, 0.2) is 24.3 Å². The molecule has 0 amide bonds. The van der Waals surface area contributed by atoms with Gasteiger partial charge in [-0.25, -0.2) is 0 Å². The van der Waals surface area contributed by atoms with Crippen LogP contribution in [0.4, 0.5) is 0 Å². The second kappa shape index (κ2) is 5.27. The molecule has 2 rings (SSSR count). The molecule has 0 heterocycles. The first-order chi connectivity index (χ1) is 8.04. The highest BCUT2D eigenvalue weighted by Gasteiger charge is 2.43. The van der Waals surface area contributed by atoms with Gasteiger partial charge in [-0.2, -0.15) is 0 Å². The van der Waals surface area contributed by atoms with Crippen LogP contribution in [-0.4, -0.2) is 6.04 Å². The predicted molar refractivity (Wildman–Crippen MR) is 82.1 cm³/mol. The molecule has 2 N–H and O–H groups in total. The lowest BCUT2D eigenvalue weighted by molar-refractivity contribution is 0.178. The van der Waals surface area contributed by atoms with E-state index in [9.17, 15) is 0 Å². The highest BCUT2D eigenvalue weighted by atomic mass is 127. The van der Waals surface area contributed by atoms with Crippen molar-refractivity contribution < 1.29 is 0 Å². The molecule has 0 bridgehead atoms. The molecule has 2 heteroatoms. The smallest absolute Gasteiger partial charge is 0.0139 e. The van der Waals surface area contributed by atoms with Gasteiger partial charge in [0.25, 0.3) is 0 Å². The molecule has 1 aromatic rings. The zero-order valence-electron chi connectivity index (χ0n) is 10.7. The summed E-state index contributed by atoms with van der Waals surface area (Å²) in [6, 6.07) is 9.29. The number of hydrogen-bond donors (Lipinski definition) is 1. The average Bonchev–Trinajstić information content (AvgIpc) is 2.18. The monoisotopic (exact) mass is 343 g/mol. The first-order valence-corrected chi connectivity index (χ1v) is 7.64. The summed E-state index contributed by atoms with van der Waals surface area (Å²) in [5.74, 6) is 0.686. The van der Waals surface area contributed by atoms with Gasteiger partial charge < -0.3 is 5.73 Å². The summed E-state index contributed by atoms with van der Waals surface area (Å²) in [4.78, 5) is 0. The molecular formula is C15H22IN. The van der Waals surface area contributed by atoms with Crippen molar-refractivity contribution in [1.29, 1.82) is 0 Å². The van der Waals surface area contributed by atoms with E-state index in [2.05, 4.69) is 60.7 Å². The van der Waals surface area contributed by atoms with Crippen molar-refractivity contribution in [2.24, 2.45) is 11.7 Å². The van der Waals surface area contributed by atoms with Gasteiger partial charge in [0, 0.05) is 15.0 Å². The normalized spacial score (nSPS) is 20.1. The van der Waals surface area contributed by atoms with Crippen LogP contribution in [0.3, 0.4) is 0 Å². The van der Waals surface area contributed by atoms with Gasteiger partial charge in [-0.1, -0.05) is 32.4 Å². The topological polar surface area (TPSA) is 26.0 Å². The van der Waals surface area contributed by atoms with E-state index in [0.29, 0.717) is 12.0 Å². The van der Waals surface area contributed by atoms with Crippen LogP contribution < -0.4 is 5.73 Å². The molecule has 1 atom stereocenters. The second-order valence-corrected chi connectivity index (χ2v) is 7.00. The molecule has 0 saturated heterocycles. The van der Waals surface area contributed by atoms with Crippen LogP contribution in [0.25, 0.3) is 0 Å². The number of hydrogen-bond acceptors (Lipinski definition) is 1. The molecule has 0 spiro atoms. The van der Waals surface area contributed by atoms with Crippen LogP contribution >= 0.6 is 22.6 Å². The van der Waals surface area contributed by atoms with Crippen molar-refractivity contribution in [3.8, 4) is 0 Å². The largest absolute Gasteiger partial charge is 0.327 e. The Balaban J connectivity index is 2.22. The third-order valence-corrected chi connectivity index (χ3v) is 4.82. The number of nitrogens with two attached hydrogens (primary N) is 1. The molecular weight excluding hydrogens is 321 g/mol. The lowest BCUT2D eigenvalue weighted by Crippen LogP contribution is -2.50. The van der Waals surface area contributed by atoms with Crippen molar-refractivity contribution in [2.45, 2.75) is 51.0 Å². The Morgan fingerprint density at radius 1 is 1.24 bits per heavy atom. The minimum absolute atomic E-state index is 0.272. The van der Waals surface area contributed by atoms with E-state index in [1.165, 1.54) is 28.4 Å². The van der Waals surface area contributed by atoms with Crippen molar-refractivity contribution >= 4 is 22.6 Å². The molecule has 94 valence electrons. The van der Waals surface area contributed by atoms with E-state index in [1.807, 2.05) is 0 Å². The Morgan fingerprint density at radius 3 is 2.24 bits per heavy atom. The summed E-state index contributed by atoms with van der Waals surface area (Å²) >= 11 is 2.36. The van der Waals surface area contributed by atoms with Crippen LogP contribution in [0.2, 0.25) is 0 Å². The predicted octanol–water partition coefficient (Wildman–Crippen LogP) is 4.09. The third-order valence-electron chi connectivity index (χ3n) is 4.10. The molecule has 1 aromatic carbocycles. The highest BCUT2D eigenvalue weighted by molar-refractivity contribution is 14.1. The molecule has 0 radical (unpaired) electrons. The molecule has 17 heavy (non-hydrogen) atoms. The highest BCUT2D eigenvalue weighted by Crippen LogP contribution is 2.47. The summed E-state index contributed by atoms with van der Waals surface area (Å²) < 4.78 is 1.30. The van der Waals surface area contributed by atoms with Gasteiger partial charge in [0.05, 0.1) is 0 Å². The van der Waals surface area contributed by atoms with Crippen LogP contribution in [0.1, 0.15) is 45.1 Å². The van der Waals surface area contributed by atoms with Gasteiger partial charge in [-0.05, 0) is 65.5 Å². The minimum atomic E-state index is 0.272. The van der Waals surface area contributed by atoms with Crippen LogP contribution in [0, 0.1) is 9.49 Å². The Kier molecular flexibility index (Phi) is 4.14. The Hall–Kier alpha value is -0.0900. The van der Waals surface area contributed by atoms with E-state index in [4.69, 9.17) is 5.73 Å². The molecule has 1 aliphatic rings. The lowest BCUT2D eigenvalue weighted by Gasteiger charge is -2.47. The van der Waals surface area contributed by atoms with Crippen molar-refractivity contribution in [2.75, 3.05) is 0 Å². The summed E-state index contributed by atoms with van der Waals surface area (Å²) in [7, 11) is 0. The SMILES string of the molecule is CC(C)CC(N)C1(c2ccc(I)cc2)CCC1. The maximum absolute atomic E-state index is 6.48. The Morgan fingerprint density at radius 2 is 1.82 bits per heavy atom. The minimum Gasteiger partial charge on any atom is -0.327 e. The van der Waals surface area contributed by atoms with Gasteiger partial charge >= 0.3 is 0 Å². The van der Waals surface area contributed by atoms with Crippen molar-refractivity contribution in [3.05, 3.63) is 33.4 Å². The molecule has 1 fully saturated rings. The lowest BCUT2D eigenvalue weighted by atomic mass is 9.59. The second-order valence-electron chi connectivity index (χ2n) is 5.75. The van der Waals surface area contributed by atoms with Gasteiger partial charge in [0.2, 0.25) is 0 Å². The van der Waals surface area contributed by atoms with Gasteiger partial charge in [0.1, 0.15) is 0 Å². The first-order valence-electron chi connectivity index (χ1n) is 6.56. The van der Waals surface area contributed by atoms with Crippen molar-refractivity contribution in [3.63, 3.8) is 0 Å². The zero-order valence-corrected chi connectivity index (χ0v) is 12.9. The summed E-state index contributed by atoms with van der Waals surface area (Å²) in [5.41, 5.74) is 8.21. The number of benzene rings is 1. The average molecular weight is 343 g/mol. The van der Waals surface area contributed by atoms with Gasteiger partial charge in [0.15, 0.2) is 0 Å². The molecule has 0 aromatic heterocycles. The number of rotatable bonds is 4. The quantitative estimate of drug-likeness (QED) is 0.819. The van der Waals surface area contributed by atoms with E-state index in [-0.39, 0.29) is 5.41 Å². The van der Waals surface area contributed by atoms with E-state index < -0.39 is 0 Å². The van der Waals surface area contributed by atoms with E-state index in [0.717, 1.165) is 6.42 Å². The van der Waals surface area contributed by atoms with E-state index >= 15 is 0 Å². The summed E-state index contributed by atoms with van der Waals surface area (Å²) in [6.07, 6.45) is 4.99. The Labute approximate surface area is 118 Å². The van der Waals surface area contributed by atoms with Crippen LogP contribution in [0.5, 0.6) is 0 Å². The maximum atomic E-state index is 6.48. The number of halogens is 1. The molecule has 0 aliphatic heterocycles. The fraction of sp³-hybridized carbons (Fsp3) is 0.600. The standard InChI is InChI=1S/C15H22IN/c1-11(2)10-14(17)15(8-3-9-15)12-4-6-13(16)7-5-12/h4-7,11,14H,3,8-10,17H2,1-2H3. The molecule has 1 nitrogen and oxygen atoms in total. The van der Waals surface area contributed by atoms with Crippen LogP contribution in [-0.2, 0) is 5.41 Å². The maximum Gasteiger partial charge on any atom is 0.0139 e. The fourth-order valence-corrected chi connectivity index (χ4v) is 3.31. The Bertz CT molecular complexity index is 365. The molecule has 1 aliphatic carbocycles. The first kappa shape index (κ1) is 13.3. The van der Waals surface area contributed by atoms with E-state index in [1.54, 1.807) is 0 Å². The molecule has 1 saturated carbocycles. The van der Waals surface area contributed by atoms with Gasteiger partial charge in [-0.3, -0.25) is 0 Å². The zero-order chi connectivity index (χ0) is 12.5. The summed E-state index contributed by atoms with van der Waals surface area (Å²) in [6.45, 7) is 4.53. The van der Waals surface area contributed by atoms with Crippen molar-refractivity contribution in [1.82, 2.24) is 0 Å².